The third kappa shape index (κ3) is 3.27. The van der Waals surface area contributed by atoms with Crippen LogP contribution in [0, 0.1) is 0 Å². The second-order valence-corrected chi connectivity index (χ2v) is 6.44. The lowest BCUT2D eigenvalue weighted by Gasteiger charge is -2.24. The lowest BCUT2D eigenvalue weighted by molar-refractivity contribution is -0.132. The van der Waals surface area contributed by atoms with E-state index in [0.717, 1.165) is 37.3 Å². The second-order valence-electron chi connectivity index (χ2n) is 5.40. The van der Waals surface area contributed by atoms with Gasteiger partial charge in [-0.1, -0.05) is 6.07 Å². The van der Waals surface area contributed by atoms with E-state index in [-0.39, 0.29) is 11.9 Å². The summed E-state index contributed by atoms with van der Waals surface area (Å²) in [5.41, 5.74) is 0.883. The fourth-order valence-corrected chi connectivity index (χ4v) is 3.57. The molecule has 0 saturated carbocycles. The van der Waals surface area contributed by atoms with Crippen LogP contribution < -0.4 is 5.32 Å². The van der Waals surface area contributed by atoms with Crippen molar-refractivity contribution in [3.8, 4) is 0 Å². The van der Waals surface area contributed by atoms with E-state index in [1.807, 2.05) is 18.0 Å². The van der Waals surface area contributed by atoms with Crippen LogP contribution in [0.4, 0.5) is 5.82 Å². The van der Waals surface area contributed by atoms with Gasteiger partial charge < -0.3 is 10.2 Å². The van der Waals surface area contributed by atoms with E-state index in [9.17, 15) is 4.79 Å². The minimum atomic E-state index is 0.0663. The quantitative estimate of drug-likeness (QED) is 0.921. The van der Waals surface area contributed by atoms with E-state index in [1.165, 1.54) is 4.88 Å². The molecule has 1 aliphatic rings. The second kappa shape index (κ2) is 6.87. The average Bonchev–Trinajstić information content (AvgIpc) is 3.24. The van der Waals surface area contributed by atoms with Crippen molar-refractivity contribution in [3.05, 3.63) is 40.5 Å². The van der Waals surface area contributed by atoms with Crippen LogP contribution in [0.1, 0.15) is 35.9 Å². The summed E-state index contributed by atoms with van der Waals surface area (Å²) < 4.78 is 0. The average molecular weight is 316 g/mol. The maximum absolute atomic E-state index is 12.5. The standard InChI is InChI=1S/C16H20N4OS/c1-17-15-11-18-10-13(19-15)14-5-2-8-20(14)16(21)7-6-12-4-3-9-22-12/h3-4,9-11,14H,2,5-8H2,1H3,(H,17,19). The molecule has 6 heteroatoms. The Morgan fingerprint density at radius 1 is 1.50 bits per heavy atom. The highest BCUT2D eigenvalue weighted by atomic mass is 32.1. The van der Waals surface area contributed by atoms with Gasteiger partial charge in [-0.2, -0.15) is 0 Å². The van der Waals surface area contributed by atoms with Crippen LogP contribution in [-0.2, 0) is 11.2 Å². The number of carbonyl (C=O) groups excluding carboxylic acids is 1. The molecule has 1 N–H and O–H groups in total. The van der Waals surface area contributed by atoms with Gasteiger partial charge in [-0.3, -0.25) is 9.78 Å². The number of likely N-dealkylation sites (tertiary alicyclic amines) is 1. The number of aryl methyl sites for hydroxylation is 1. The van der Waals surface area contributed by atoms with E-state index in [1.54, 1.807) is 23.7 Å². The van der Waals surface area contributed by atoms with Gasteiger partial charge in [0.25, 0.3) is 0 Å². The lowest BCUT2D eigenvalue weighted by Crippen LogP contribution is -2.31. The molecule has 1 amide bonds. The third-order valence-electron chi connectivity index (χ3n) is 3.99. The number of hydrogen-bond acceptors (Lipinski definition) is 5. The first-order valence-corrected chi connectivity index (χ1v) is 8.47. The van der Waals surface area contributed by atoms with Crippen LogP contribution >= 0.6 is 11.3 Å². The summed E-state index contributed by atoms with van der Waals surface area (Å²) in [6.07, 6.45) is 6.85. The zero-order valence-corrected chi connectivity index (χ0v) is 13.5. The smallest absolute Gasteiger partial charge is 0.223 e. The van der Waals surface area contributed by atoms with Gasteiger partial charge in [0.15, 0.2) is 0 Å². The SMILES string of the molecule is CNc1cncc(C2CCCN2C(=O)CCc2cccs2)n1. The predicted octanol–water partition coefficient (Wildman–Crippen LogP) is 2.88. The van der Waals surface area contributed by atoms with E-state index < -0.39 is 0 Å². The molecule has 0 spiro atoms. The number of hydrogen-bond donors (Lipinski definition) is 1. The number of thiophene rings is 1. The zero-order chi connectivity index (χ0) is 15.4. The van der Waals surface area contributed by atoms with Crippen molar-refractivity contribution in [2.75, 3.05) is 18.9 Å². The first-order chi connectivity index (χ1) is 10.8. The molecule has 0 aromatic carbocycles. The van der Waals surface area contributed by atoms with Crippen LogP contribution in [0.3, 0.4) is 0 Å². The molecule has 1 atom stereocenters. The highest BCUT2D eigenvalue weighted by molar-refractivity contribution is 7.09. The van der Waals surface area contributed by atoms with E-state index in [4.69, 9.17) is 0 Å². The maximum atomic E-state index is 12.5. The Bertz CT molecular complexity index is 629. The molecule has 3 heterocycles. The molecule has 1 aliphatic heterocycles. The first-order valence-electron chi connectivity index (χ1n) is 7.59. The number of aromatic nitrogens is 2. The first kappa shape index (κ1) is 15.0. The highest BCUT2D eigenvalue weighted by Gasteiger charge is 2.30. The number of nitrogens with one attached hydrogen (secondary N) is 1. The molecule has 2 aromatic heterocycles. The number of anilines is 1. The Labute approximate surface area is 134 Å². The number of carbonyl (C=O) groups is 1. The summed E-state index contributed by atoms with van der Waals surface area (Å²) in [6, 6.07) is 4.18. The number of nitrogens with zero attached hydrogens (tertiary/aromatic N) is 3. The van der Waals surface area contributed by atoms with Crippen molar-refractivity contribution in [3.63, 3.8) is 0 Å². The fraction of sp³-hybridized carbons (Fsp3) is 0.438. The summed E-state index contributed by atoms with van der Waals surface area (Å²) in [7, 11) is 1.83. The van der Waals surface area contributed by atoms with E-state index >= 15 is 0 Å². The molecule has 22 heavy (non-hydrogen) atoms. The molecule has 1 fully saturated rings. The molecule has 1 saturated heterocycles. The normalized spacial score (nSPS) is 17.7. The molecular formula is C16H20N4OS. The van der Waals surface area contributed by atoms with E-state index in [2.05, 4.69) is 26.7 Å². The van der Waals surface area contributed by atoms with Crippen LogP contribution in [0.2, 0.25) is 0 Å². The van der Waals surface area contributed by atoms with Gasteiger partial charge in [0.1, 0.15) is 5.82 Å². The van der Waals surface area contributed by atoms with Gasteiger partial charge in [-0.25, -0.2) is 4.98 Å². The monoisotopic (exact) mass is 316 g/mol. The van der Waals surface area contributed by atoms with Gasteiger partial charge in [0.2, 0.25) is 5.91 Å². The predicted molar refractivity (Wildman–Crippen MR) is 87.9 cm³/mol. The minimum Gasteiger partial charge on any atom is -0.372 e. The van der Waals surface area contributed by atoms with Crippen molar-refractivity contribution >= 4 is 23.1 Å². The third-order valence-corrected chi connectivity index (χ3v) is 4.93. The molecule has 0 bridgehead atoms. The molecule has 2 aromatic rings. The topological polar surface area (TPSA) is 58.1 Å². The van der Waals surface area contributed by atoms with Crippen molar-refractivity contribution in [2.24, 2.45) is 0 Å². The van der Waals surface area contributed by atoms with Crippen LogP contribution in [0.5, 0.6) is 0 Å². The Morgan fingerprint density at radius 2 is 2.41 bits per heavy atom. The Morgan fingerprint density at radius 3 is 3.18 bits per heavy atom. The van der Waals surface area contributed by atoms with E-state index in [0.29, 0.717) is 6.42 Å². The lowest BCUT2D eigenvalue weighted by atomic mass is 10.1. The maximum Gasteiger partial charge on any atom is 0.223 e. The Balaban J connectivity index is 1.68. The molecule has 116 valence electrons. The summed E-state index contributed by atoms with van der Waals surface area (Å²) >= 11 is 1.71. The Hall–Kier alpha value is -1.95. The van der Waals surface area contributed by atoms with Crippen molar-refractivity contribution in [1.29, 1.82) is 0 Å². The van der Waals surface area contributed by atoms with Crippen molar-refractivity contribution in [1.82, 2.24) is 14.9 Å². The number of rotatable bonds is 5. The zero-order valence-electron chi connectivity index (χ0n) is 12.7. The van der Waals surface area contributed by atoms with Gasteiger partial charge in [0.05, 0.1) is 24.1 Å². The fourth-order valence-electron chi connectivity index (χ4n) is 2.86. The Kier molecular flexibility index (Phi) is 4.68. The van der Waals surface area contributed by atoms with Gasteiger partial charge >= 0.3 is 0 Å². The molecule has 0 radical (unpaired) electrons. The van der Waals surface area contributed by atoms with Crippen LogP contribution in [-0.4, -0.2) is 34.4 Å². The molecule has 0 aliphatic carbocycles. The molecule has 3 rings (SSSR count). The molecule has 1 unspecified atom stereocenters. The highest BCUT2D eigenvalue weighted by Crippen LogP contribution is 2.31. The largest absolute Gasteiger partial charge is 0.372 e. The van der Waals surface area contributed by atoms with Crippen LogP contribution in [0.25, 0.3) is 0 Å². The summed E-state index contributed by atoms with van der Waals surface area (Å²) in [6.45, 7) is 0.819. The summed E-state index contributed by atoms with van der Waals surface area (Å²) in [4.78, 5) is 24.5. The molecule has 5 nitrogen and oxygen atoms in total. The van der Waals surface area contributed by atoms with Gasteiger partial charge in [0, 0.05) is 24.9 Å². The summed E-state index contributed by atoms with van der Waals surface area (Å²) in [5, 5.41) is 5.06. The van der Waals surface area contributed by atoms with Crippen LogP contribution in [0.15, 0.2) is 29.9 Å². The van der Waals surface area contributed by atoms with Gasteiger partial charge in [-0.15, -0.1) is 11.3 Å². The van der Waals surface area contributed by atoms with Crippen molar-refractivity contribution < 1.29 is 4.79 Å². The molecular weight excluding hydrogens is 296 g/mol. The van der Waals surface area contributed by atoms with Gasteiger partial charge in [-0.05, 0) is 30.7 Å². The number of amides is 1. The minimum absolute atomic E-state index is 0.0663. The van der Waals surface area contributed by atoms with Crippen molar-refractivity contribution in [2.45, 2.75) is 31.7 Å². The summed E-state index contributed by atoms with van der Waals surface area (Å²) in [5.74, 6) is 0.961.